The fourth-order valence-electron chi connectivity index (χ4n) is 2.08. The highest BCUT2D eigenvalue weighted by Gasteiger charge is 2.06. The van der Waals surface area contributed by atoms with Crippen molar-refractivity contribution in [1.29, 1.82) is 5.26 Å². The van der Waals surface area contributed by atoms with E-state index in [1.54, 1.807) is 13.1 Å². The lowest BCUT2D eigenvalue weighted by Gasteiger charge is -2.14. The summed E-state index contributed by atoms with van der Waals surface area (Å²) in [7, 11) is 1.57. The third kappa shape index (κ3) is 4.48. The van der Waals surface area contributed by atoms with Gasteiger partial charge in [0.25, 0.3) is 5.91 Å². The van der Waals surface area contributed by atoms with Crippen LogP contribution < -0.4 is 15.4 Å². The lowest BCUT2D eigenvalue weighted by molar-refractivity contribution is -0.122. The summed E-state index contributed by atoms with van der Waals surface area (Å²) in [6.45, 7) is 2.51. The van der Waals surface area contributed by atoms with Crippen molar-refractivity contribution in [3.63, 3.8) is 0 Å². The number of aryl methyl sites for hydroxylation is 1. The molecule has 23 heavy (non-hydrogen) atoms. The van der Waals surface area contributed by atoms with E-state index in [9.17, 15) is 4.79 Å². The summed E-state index contributed by atoms with van der Waals surface area (Å²) in [5.74, 6) is 0.489. The first-order valence-electron chi connectivity index (χ1n) is 7.30. The molecule has 0 heterocycles. The van der Waals surface area contributed by atoms with Gasteiger partial charge in [-0.15, -0.1) is 0 Å². The summed E-state index contributed by atoms with van der Waals surface area (Å²) >= 11 is 0. The number of nitrogens with one attached hydrogen (secondary N) is 2. The molecule has 0 spiro atoms. The van der Waals surface area contributed by atoms with E-state index >= 15 is 0 Å². The average Bonchev–Trinajstić information content (AvgIpc) is 2.59. The standard InChI is InChI=1S/C18H19N3O2/c1-13-7-8-14(10-19)9-16(13)21-11-15-5-3-4-6-17(15)23-12-18(22)20-2/h3-9,21H,11-12H2,1-2H3,(H,20,22). The van der Waals surface area contributed by atoms with Gasteiger partial charge in [-0.25, -0.2) is 0 Å². The number of rotatable bonds is 6. The van der Waals surface area contributed by atoms with Gasteiger partial charge in [-0.3, -0.25) is 4.79 Å². The number of anilines is 1. The number of nitriles is 1. The number of carbonyl (C=O) groups is 1. The maximum absolute atomic E-state index is 11.3. The Kier molecular flexibility index (Phi) is 5.59. The molecule has 0 aromatic heterocycles. The van der Waals surface area contributed by atoms with Gasteiger partial charge in [0.2, 0.25) is 0 Å². The van der Waals surface area contributed by atoms with Gasteiger partial charge in [0.05, 0.1) is 11.6 Å². The van der Waals surface area contributed by atoms with Crippen molar-refractivity contribution in [2.75, 3.05) is 19.0 Å². The molecule has 0 saturated carbocycles. The quantitative estimate of drug-likeness (QED) is 0.860. The number of carbonyl (C=O) groups excluding carboxylic acids is 1. The lowest BCUT2D eigenvalue weighted by Crippen LogP contribution is -2.25. The molecule has 2 aromatic rings. The fraction of sp³-hybridized carbons (Fsp3) is 0.222. The molecule has 5 nitrogen and oxygen atoms in total. The number of para-hydroxylation sites is 1. The van der Waals surface area contributed by atoms with E-state index < -0.39 is 0 Å². The van der Waals surface area contributed by atoms with Crippen molar-refractivity contribution < 1.29 is 9.53 Å². The molecule has 118 valence electrons. The molecule has 5 heteroatoms. The highest BCUT2D eigenvalue weighted by molar-refractivity contribution is 5.77. The van der Waals surface area contributed by atoms with Crippen LogP contribution in [-0.4, -0.2) is 19.6 Å². The predicted octanol–water partition coefficient (Wildman–Crippen LogP) is 2.60. The van der Waals surface area contributed by atoms with Crippen LogP contribution in [0.1, 0.15) is 16.7 Å². The summed E-state index contributed by atoms with van der Waals surface area (Å²) in [5, 5.41) is 14.8. The minimum atomic E-state index is -0.176. The minimum Gasteiger partial charge on any atom is -0.483 e. The van der Waals surface area contributed by atoms with Crippen molar-refractivity contribution in [3.8, 4) is 11.8 Å². The molecule has 0 saturated heterocycles. The van der Waals surface area contributed by atoms with Gasteiger partial charge in [-0.05, 0) is 30.7 Å². The molecule has 0 fully saturated rings. The molecule has 0 unspecified atom stereocenters. The van der Waals surface area contributed by atoms with Crippen molar-refractivity contribution in [1.82, 2.24) is 5.32 Å². The van der Waals surface area contributed by atoms with Gasteiger partial charge in [0.1, 0.15) is 5.75 Å². The Morgan fingerprint density at radius 2 is 2.04 bits per heavy atom. The normalized spacial score (nSPS) is 9.78. The van der Waals surface area contributed by atoms with Crippen molar-refractivity contribution >= 4 is 11.6 Å². The van der Waals surface area contributed by atoms with Crippen molar-refractivity contribution in [2.24, 2.45) is 0 Å². The van der Waals surface area contributed by atoms with Crippen LogP contribution in [0.2, 0.25) is 0 Å². The molecular weight excluding hydrogens is 290 g/mol. The zero-order valence-corrected chi connectivity index (χ0v) is 13.2. The Morgan fingerprint density at radius 3 is 2.78 bits per heavy atom. The summed E-state index contributed by atoms with van der Waals surface area (Å²) in [5.41, 5.74) is 3.53. The first-order valence-corrected chi connectivity index (χ1v) is 7.30. The number of nitrogens with zero attached hydrogens (tertiary/aromatic N) is 1. The summed E-state index contributed by atoms with van der Waals surface area (Å²) in [6.07, 6.45) is 0. The first-order chi connectivity index (χ1) is 11.1. The summed E-state index contributed by atoms with van der Waals surface area (Å²) in [4.78, 5) is 11.3. The Morgan fingerprint density at radius 1 is 1.26 bits per heavy atom. The molecule has 0 aliphatic rings. The van der Waals surface area contributed by atoms with E-state index in [-0.39, 0.29) is 12.5 Å². The zero-order chi connectivity index (χ0) is 16.7. The van der Waals surface area contributed by atoms with Gasteiger partial charge >= 0.3 is 0 Å². The first kappa shape index (κ1) is 16.4. The van der Waals surface area contributed by atoms with Crippen LogP contribution in [0, 0.1) is 18.3 Å². The summed E-state index contributed by atoms with van der Waals surface area (Å²) < 4.78 is 5.55. The molecular formula is C18H19N3O2. The molecule has 2 aromatic carbocycles. The molecule has 2 N–H and O–H groups in total. The molecule has 0 bridgehead atoms. The van der Waals surface area contributed by atoms with E-state index in [1.165, 1.54) is 0 Å². The second-order valence-electron chi connectivity index (χ2n) is 5.06. The highest BCUT2D eigenvalue weighted by atomic mass is 16.5. The third-order valence-electron chi connectivity index (χ3n) is 3.45. The van der Waals surface area contributed by atoms with E-state index in [0.29, 0.717) is 17.9 Å². The Labute approximate surface area is 135 Å². The van der Waals surface area contributed by atoms with Crippen LogP contribution in [0.4, 0.5) is 5.69 Å². The van der Waals surface area contributed by atoms with E-state index in [0.717, 1.165) is 16.8 Å². The monoisotopic (exact) mass is 309 g/mol. The minimum absolute atomic E-state index is 0.0174. The van der Waals surface area contributed by atoms with Crippen LogP contribution in [0.3, 0.4) is 0 Å². The molecule has 0 aliphatic heterocycles. The molecule has 0 atom stereocenters. The maximum atomic E-state index is 11.3. The second kappa shape index (κ2) is 7.85. The van der Waals surface area contributed by atoms with Crippen LogP contribution >= 0.6 is 0 Å². The number of ether oxygens (including phenoxy) is 1. The number of hydrogen-bond acceptors (Lipinski definition) is 4. The highest BCUT2D eigenvalue weighted by Crippen LogP contribution is 2.22. The number of hydrogen-bond donors (Lipinski definition) is 2. The number of benzene rings is 2. The van der Waals surface area contributed by atoms with Gasteiger partial charge in [-0.1, -0.05) is 24.3 Å². The fourth-order valence-corrected chi connectivity index (χ4v) is 2.08. The van der Waals surface area contributed by atoms with Gasteiger partial charge in [0.15, 0.2) is 6.61 Å². The van der Waals surface area contributed by atoms with Crippen molar-refractivity contribution in [2.45, 2.75) is 13.5 Å². The van der Waals surface area contributed by atoms with Crippen LogP contribution in [0.25, 0.3) is 0 Å². The zero-order valence-electron chi connectivity index (χ0n) is 13.2. The van der Waals surface area contributed by atoms with Crippen molar-refractivity contribution in [3.05, 3.63) is 59.2 Å². The largest absolute Gasteiger partial charge is 0.483 e. The third-order valence-corrected chi connectivity index (χ3v) is 3.45. The SMILES string of the molecule is CNC(=O)COc1ccccc1CNc1cc(C#N)ccc1C. The average molecular weight is 309 g/mol. The Hall–Kier alpha value is -3.00. The van der Waals surface area contributed by atoms with Gasteiger partial charge < -0.3 is 15.4 Å². The maximum Gasteiger partial charge on any atom is 0.257 e. The molecule has 2 rings (SSSR count). The Bertz CT molecular complexity index is 735. The molecule has 1 amide bonds. The molecule has 0 aliphatic carbocycles. The van der Waals surface area contributed by atoms with Crippen LogP contribution in [0.5, 0.6) is 5.75 Å². The number of amides is 1. The van der Waals surface area contributed by atoms with E-state index in [1.807, 2.05) is 43.3 Å². The van der Waals surface area contributed by atoms with E-state index in [4.69, 9.17) is 10.00 Å². The lowest BCUT2D eigenvalue weighted by atomic mass is 10.1. The smallest absolute Gasteiger partial charge is 0.257 e. The van der Waals surface area contributed by atoms with E-state index in [2.05, 4.69) is 16.7 Å². The van der Waals surface area contributed by atoms with Gasteiger partial charge in [0, 0.05) is 24.8 Å². The van der Waals surface area contributed by atoms with Crippen LogP contribution in [0.15, 0.2) is 42.5 Å². The predicted molar refractivity (Wildman–Crippen MR) is 89.2 cm³/mol. The van der Waals surface area contributed by atoms with Crippen LogP contribution in [-0.2, 0) is 11.3 Å². The summed E-state index contributed by atoms with van der Waals surface area (Å²) in [6, 6.07) is 15.2. The number of likely N-dealkylation sites (N-methyl/N-ethyl adjacent to an activating group) is 1. The topological polar surface area (TPSA) is 74.2 Å². The molecule has 0 radical (unpaired) electrons. The van der Waals surface area contributed by atoms with Gasteiger partial charge in [-0.2, -0.15) is 5.26 Å². The Balaban J connectivity index is 2.09. The second-order valence-corrected chi connectivity index (χ2v) is 5.06.